The van der Waals surface area contributed by atoms with Crippen LogP contribution in [0.15, 0.2) is 47.4 Å². The van der Waals surface area contributed by atoms with E-state index < -0.39 is 0 Å². The van der Waals surface area contributed by atoms with E-state index in [2.05, 4.69) is 15.2 Å². The second kappa shape index (κ2) is 8.59. The Morgan fingerprint density at radius 3 is 2.69 bits per heavy atom. The lowest BCUT2D eigenvalue weighted by molar-refractivity contribution is -0.121. The van der Waals surface area contributed by atoms with Crippen LogP contribution >= 0.6 is 0 Å². The van der Waals surface area contributed by atoms with E-state index in [-0.39, 0.29) is 18.1 Å². The monoisotopic (exact) mass is 395 g/mol. The number of carbonyl (C=O) groups excluding carboxylic acids is 1. The van der Waals surface area contributed by atoms with Crippen LogP contribution in [0, 0.1) is 6.92 Å². The van der Waals surface area contributed by atoms with Crippen molar-refractivity contribution in [3.05, 3.63) is 58.6 Å². The Balaban J connectivity index is 1.53. The van der Waals surface area contributed by atoms with Gasteiger partial charge in [0, 0.05) is 32.4 Å². The number of hydrogen-bond acceptors (Lipinski definition) is 5. The quantitative estimate of drug-likeness (QED) is 0.672. The first-order valence-electron chi connectivity index (χ1n) is 9.83. The SMILES string of the molecule is Cc1ccc(-n2c(=O)n(CC(=O)NCCN3CCOCC3)c3cccnc32)cc1. The maximum atomic E-state index is 13.1. The van der Waals surface area contributed by atoms with Gasteiger partial charge in [0.05, 0.1) is 24.4 Å². The summed E-state index contributed by atoms with van der Waals surface area (Å²) < 4.78 is 8.36. The van der Waals surface area contributed by atoms with Crippen LogP contribution in [0.4, 0.5) is 0 Å². The molecule has 1 aliphatic heterocycles. The van der Waals surface area contributed by atoms with Gasteiger partial charge < -0.3 is 10.1 Å². The molecule has 3 aromatic rings. The molecule has 8 heteroatoms. The largest absolute Gasteiger partial charge is 0.379 e. The van der Waals surface area contributed by atoms with Crippen molar-refractivity contribution >= 4 is 17.1 Å². The van der Waals surface area contributed by atoms with Gasteiger partial charge in [0.2, 0.25) is 5.91 Å². The molecular weight excluding hydrogens is 370 g/mol. The van der Waals surface area contributed by atoms with Crippen molar-refractivity contribution in [1.82, 2.24) is 24.3 Å². The number of carbonyl (C=O) groups is 1. The number of benzene rings is 1. The lowest BCUT2D eigenvalue weighted by Crippen LogP contribution is -2.42. The van der Waals surface area contributed by atoms with Gasteiger partial charge in [-0.3, -0.25) is 14.3 Å². The molecule has 0 bridgehead atoms. The molecule has 1 aromatic carbocycles. The molecule has 8 nitrogen and oxygen atoms in total. The van der Waals surface area contributed by atoms with Crippen molar-refractivity contribution in [2.75, 3.05) is 39.4 Å². The minimum Gasteiger partial charge on any atom is -0.379 e. The van der Waals surface area contributed by atoms with E-state index in [9.17, 15) is 9.59 Å². The van der Waals surface area contributed by atoms with E-state index in [0.29, 0.717) is 17.7 Å². The number of rotatable bonds is 6. The van der Waals surface area contributed by atoms with E-state index in [4.69, 9.17) is 4.74 Å². The summed E-state index contributed by atoms with van der Waals surface area (Å²) in [5, 5.41) is 2.92. The van der Waals surface area contributed by atoms with Crippen molar-refractivity contribution in [2.45, 2.75) is 13.5 Å². The Labute approximate surface area is 168 Å². The number of ether oxygens (including phenoxy) is 1. The van der Waals surface area contributed by atoms with Gasteiger partial charge in [-0.2, -0.15) is 0 Å². The molecule has 29 heavy (non-hydrogen) atoms. The molecule has 1 fully saturated rings. The molecule has 2 aromatic heterocycles. The molecule has 0 atom stereocenters. The summed E-state index contributed by atoms with van der Waals surface area (Å²) in [5.74, 6) is -0.188. The molecule has 0 radical (unpaired) electrons. The predicted molar refractivity (Wildman–Crippen MR) is 110 cm³/mol. The van der Waals surface area contributed by atoms with Gasteiger partial charge in [-0.05, 0) is 31.2 Å². The number of aryl methyl sites for hydroxylation is 1. The zero-order chi connectivity index (χ0) is 20.2. The first-order chi connectivity index (χ1) is 14.1. The summed E-state index contributed by atoms with van der Waals surface area (Å²) in [6.07, 6.45) is 1.65. The fourth-order valence-corrected chi connectivity index (χ4v) is 3.54. The molecule has 1 aliphatic rings. The van der Waals surface area contributed by atoms with Crippen LogP contribution in [0.2, 0.25) is 0 Å². The van der Waals surface area contributed by atoms with Gasteiger partial charge in [0.15, 0.2) is 5.65 Å². The minimum atomic E-state index is -0.272. The standard InChI is InChI=1S/C21H25N5O3/c1-16-4-6-17(7-5-16)26-20-18(3-2-8-23-20)25(21(26)28)15-19(27)22-9-10-24-11-13-29-14-12-24/h2-8H,9-15H2,1H3,(H,22,27). The second-order valence-electron chi connectivity index (χ2n) is 7.19. The summed E-state index contributed by atoms with van der Waals surface area (Å²) in [4.78, 5) is 32.2. The van der Waals surface area contributed by atoms with Gasteiger partial charge in [0.1, 0.15) is 6.54 Å². The summed E-state index contributed by atoms with van der Waals surface area (Å²) in [5.41, 5.74) is 2.75. The lowest BCUT2D eigenvalue weighted by atomic mass is 10.2. The topological polar surface area (TPSA) is 81.4 Å². The van der Waals surface area contributed by atoms with Crippen LogP contribution in [0.3, 0.4) is 0 Å². The zero-order valence-corrected chi connectivity index (χ0v) is 16.5. The Kier molecular flexibility index (Phi) is 5.73. The third-order valence-corrected chi connectivity index (χ3v) is 5.14. The Bertz CT molecular complexity index is 1050. The predicted octanol–water partition coefficient (Wildman–Crippen LogP) is 0.944. The smallest absolute Gasteiger partial charge is 0.335 e. The Morgan fingerprint density at radius 1 is 1.17 bits per heavy atom. The highest BCUT2D eigenvalue weighted by Gasteiger charge is 2.18. The van der Waals surface area contributed by atoms with E-state index in [1.54, 1.807) is 16.8 Å². The average molecular weight is 395 g/mol. The van der Waals surface area contributed by atoms with Gasteiger partial charge in [-0.15, -0.1) is 0 Å². The average Bonchev–Trinajstić information content (AvgIpc) is 3.01. The summed E-state index contributed by atoms with van der Waals surface area (Å²) in [7, 11) is 0. The van der Waals surface area contributed by atoms with E-state index in [1.807, 2.05) is 37.3 Å². The summed E-state index contributed by atoms with van der Waals surface area (Å²) in [6.45, 7) is 6.50. The molecule has 0 aliphatic carbocycles. The summed E-state index contributed by atoms with van der Waals surface area (Å²) in [6, 6.07) is 11.3. The number of nitrogens with one attached hydrogen (secondary N) is 1. The Morgan fingerprint density at radius 2 is 1.93 bits per heavy atom. The van der Waals surface area contributed by atoms with Gasteiger partial charge in [-0.1, -0.05) is 17.7 Å². The lowest BCUT2D eigenvalue weighted by Gasteiger charge is -2.26. The van der Waals surface area contributed by atoms with Crippen LogP contribution in [0.25, 0.3) is 16.9 Å². The Hall–Kier alpha value is -2.97. The first kappa shape index (κ1) is 19.4. The highest BCUT2D eigenvalue weighted by molar-refractivity contribution is 5.80. The molecule has 1 amide bonds. The molecular formula is C21H25N5O3. The van der Waals surface area contributed by atoms with Crippen molar-refractivity contribution in [1.29, 1.82) is 0 Å². The number of morpholine rings is 1. The van der Waals surface area contributed by atoms with Crippen molar-refractivity contribution in [2.24, 2.45) is 0 Å². The number of pyridine rings is 1. The van der Waals surface area contributed by atoms with Crippen molar-refractivity contribution in [3.8, 4) is 5.69 Å². The molecule has 0 unspecified atom stereocenters. The molecule has 1 N–H and O–H groups in total. The maximum absolute atomic E-state index is 13.1. The summed E-state index contributed by atoms with van der Waals surface area (Å²) >= 11 is 0. The highest BCUT2D eigenvalue weighted by Crippen LogP contribution is 2.16. The van der Waals surface area contributed by atoms with Crippen molar-refractivity contribution < 1.29 is 9.53 Å². The number of nitrogens with zero attached hydrogens (tertiary/aromatic N) is 4. The number of amides is 1. The molecule has 0 spiro atoms. The van der Waals surface area contributed by atoms with Crippen LogP contribution in [0.1, 0.15) is 5.56 Å². The van der Waals surface area contributed by atoms with Gasteiger partial charge in [0.25, 0.3) is 0 Å². The molecule has 4 rings (SSSR count). The highest BCUT2D eigenvalue weighted by atomic mass is 16.5. The number of aromatic nitrogens is 3. The van der Waals surface area contributed by atoms with E-state index >= 15 is 0 Å². The van der Waals surface area contributed by atoms with Gasteiger partial charge >= 0.3 is 5.69 Å². The first-order valence-corrected chi connectivity index (χ1v) is 9.83. The number of imidazole rings is 1. The molecule has 1 saturated heterocycles. The third-order valence-electron chi connectivity index (χ3n) is 5.14. The van der Waals surface area contributed by atoms with Crippen molar-refractivity contribution in [3.63, 3.8) is 0 Å². The molecule has 152 valence electrons. The van der Waals surface area contributed by atoms with Crippen LogP contribution in [-0.4, -0.2) is 64.3 Å². The van der Waals surface area contributed by atoms with E-state index in [0.717, 1.165) is 44.1 Å². The van der Waals surface area contributed by atoms with Crippen LogP contribution in [0.5, 0.6) is 0 Å². The second-order valence-corrected chi connectivity index (χ2v) is 7.19. The third kappa shape index (κ3) is 4.23. The maximum Gasteiger partial charge on any atom is 0.335 e. The minimum absolute atomic E-state index is 0.0387. The van der Waals surface area contributed by atoms with E-state index in [1.165, 1.54) is 4.57 Å². The fraction of sp³-hybridized carbons (Fsp3) is 0.381. The number of fused-ring (bicyclic) bond motifs is 1. The number of hydrogen-bond donors (Lipinski definition) is 1. The molecule has 3 heterocycles. The van der Waals surface area contributed by atoms with Crippen LogP contribution in [-0.2, 0) is 16.1 Å². The zero-order valence-electron chi connectivity index (χ0n) is 16.5. The molecule has 0 saturated carbocycles. The van der Waals surface area contributed by atoms with Crippen LogP contribution < -0.4 is 11.0 Å². The van der Waals surface area contributed by atoms with Gasteiger partial charge in [-0.25, -0.2) is 14.3 Å². The normalized spacial score (nSPS) is 14.9. The fourth-order valence-electron chi connectivity index (χ4n) is 3.54.